The lowest BCUT2D eigenvalue weighted by Gasteiger charge is -2.27. The Labute approximate surface area is 186 Å². The number of aliphatic hydroxyl groups excluding tert-OH is 1. The van der Waals surface area contributed by atoms with Gasteiger partial charge in [0, 0.05) is 17.2 Å². The molecule has 0 saturated carbocycles. The highest BCUT2D eigenvalue weighted by molar-refractivity contribution is 5.96. The third kappa shape index (κ3) is 6.03. The maximum Gasteiger partial charge on any atom is 0.408 e. The number of hydrogen-bond acceptors (Lipinski definition) is 4. The Bertz CT molecular complexity index is 1020. The van der Waals surface area contributed by atoms with Crippen LogP contribution in [0.5, 0.6) is 0 Å². The summed E-state index contributed by atoms with van der Waals surface area (Å²) in [4.78, 5) is 25.1. The van der Waals surface area contributed by atoms with Crippen molar-refractivity contribution < 1.29 is 28.2 Å². The minimum atomic E-state index is -0.950. The maximum atomic E-state index is 14.6. The van der Waals surface area contributed by atoms with Gasteiger partial charge in [-0.05, 0) is 81.1 Å². The molecule has 2 bridgehead atoms. The summed E-state index contributed by atoms with van der Waals surface area (Å²) in [6.07, 6.45) is -1.51. The second-order valence-corrected chi connectivity index (χ2v) is 9.18. The predicted molar refractivity (Wildman–Crippen MR) is 117 cm³/mol. The quantitative estimate of drug-likeness (QED) is 0.580. The maximum absolute atomic E-state index is 14.6. The van der Waals surface area contributed by atoms with E-state index in [1.807, 2.05) is 0 Å². The normalized spacial score (nSPS) is 21.5. The molecule has 0 fully saturated rings. The summed E-state index contributed by atoms with van der Waals surface area (Å²) in [7, 11) is 0. The van der Waals surface area contributed by atoms with Crippen LogP contribution in [0.15, 0.2) is 36.4 Å². The van der Waals surface area contributed by atoms with E-state index in [1.165, 1.54) is 30.3 Å². The zero-order chi connectivity index (χ0) is 23.6. The highest BCUT2D eigenvalue weighted by atomic mass is 19.1. The summed E-state index contributed by atoms with van der Waals surface area (Å²) < 4.78 is 34.0. The van der Waals surface area contributed by atoms with Crippen molar-refractivity contribution in [2.75, 3.05) is 5.32 Å². The smallest absolute Gasteiger partial charge is 0.408 e. The molecule has 6 nitrogen and oxygen atoms in total. The first-order valence-corrected chi connectivity index (χ1v) is 10.5. The number of anilines is 1. The van der Waals surface area contributed by atoms with Crippen molar-refractivity contribution in [2.24, 2.45) is 5.92 Å². The summed E-state index contributed by atoms with van der Waals surface area (Å²) in [5, 5.41) is 16.1. The lowest BCUT2D eigenvalue weighted by molar-refractivity contribution is -0.120. The summed E-state index contributed by atoms with van der Waals surface area (Å²) >= 11 is 0. The molecule has 0 aliphatic carbocycles. The van der Waals surface area contributed by atoms with Crippen molar-refractivity contribution >= 4 is 17.7 Å². The van der Waals surface area contributed by atoms with Crippen LogP contribution < -0.4 is 10.6 Å². The Morgan fingerprint density at radius 3 is 2.53 bits per heavy atom. The molecule has 2 aromatic rings. The Morgan fingerprint density at radius 1 is 1.12 bits per heavy atom. The van der Waals surface area contributed by atoms with Crippen molar-refractivity contribution in [3.63, 3.8) is 0 Å². The van der Waals surface area contributed by atoms with Crippen molar-refractivity contribution in [1.82, 2.24) is 5.32 Å². The number of carbonyl (C=O) groups is 2. The van der Waals surface area contributed by atoms with Crippen LogP contribution in [0.2, 0.25) is 0 Å². The SMILES string of the molecule is CC1CC(O)CC(NC(=O)OC(C)(C)C)c2cc(F)cc(c2)-c2cc(F)ccc2NC1=O. The first kappa shape index (κ1) is 23.7. The highest BCUT2D eigenvalue weighted by Gasteiger charge is 2.27. The monoisotopic (exact) mass is 446 g/mol. The molecule has 2 amide bonds. The number of nitrogens with one attached hydrogen (secondary N) is 2. The number of amides is 2. The molecule has 172 valence electrons. The van der Waals surface area contributed by atoms with E-state index < -0.39 is 41.4 Å². The van der Waals surface area contributed by atoms with Crippen molar-refractivity contribution in [3.8, 4) is 11.1 Å². The van der Waals surface area contributed by atoms with Gasteiger partial charge < -0.3 is 20.5 Å². The molecule has 32 heavy (non-hydrogen) atoms. The number of rotatable bonds is 1. The zero-order valence-electron chi connectivity index (χ0n) is 18.5. The third-order valence-corrected chi connectivity index (χ3v) is 5.14. The van der Waals surface area contributed by atoms with E-state index in [1.54, 1.807) is 33.8 Å². The molecule has 0 radical (unpaired) electrons. The van der Waals surface area contributed by atoms with Gasteiger partial charge in [-0.1, -0.05) is 6.92 Å². The molecule has 2 aromatic carbocycles. The van der Waals surface area contributed by atoms with Gasteiger partial charge in [0.1, 0.15) is 17.2 Å². The van der Waals surface area contributed by atoms with Gasteiger partial charge in [0.05, 0.1) is 12.1 Å². The van der Waals surface area contributed by atoms with Gasteiger partial charge in [-0.25, -0.2) is 13.6 Å². The molecule has 1 aliphatic rings. The van der Waals surface area contributed by atoms with E-state index in [9.17, 15) is 23.5 Å². The van der Waals surface area contributed by atoms with E-state index in [4.69, 9.17) is 4.74 Å². The average Bonchev–Trinajstić information content (AvgIpc) is 2.66. The fraction of sp³-hybridized carbons (Fsp3) is 0.417. The lowest BCUT2D eigenvalue weighted by Crippen LogP contribution is -2.37. The molecule has 3 unspecified atom stereocenters. The molecule has 3 atom stereocenters. The predicted octanol–water partition coefficient (Wildman–Crippen LogP) is 4.93. The van der Waals surface area contributed by atoms with Crippen LogP contribution in [-0.2, 0) is 9.53 Å². The minimum absolute atomic E-state index is 0.0375. The number of alkyl carbamates (subject to hydrolysis) is 1. The van der Waals surface area contributed by atoms with Gasteiger partial charge in [-0.3, -0.25) is 4.79 Å². The Kier molecular flexibility index (Phi) is 6.83. The molecule has 0 spiro atoms. The fourth-order valence-corrected chi connectivity index (χ4v) is 3.70. The second-order valence-electron chi connectivity index (χ2n) is 9.18. The highest BCUT2D eigenvalue weighted by Crippen LogP contribution is 2.34. The van der Waals surface area contributed by atoms with Gasteiger partial charge in [-0.15, -0.1) is 0 Å². The molecule has 0 aromatic heterocycles. The number of hydrogen-bond donors (Lipinski definition) is 3. The van der Waals surface area contributed by atoms with Crippen LogP contribution >= 0.6 is 0 Å². The molecule has 3 N–H and O–H groups in total. The Balaban J connectivity index is 2.10. The lowest BCUT2D eigenvalue weighted by atomic mass is 9.91. The summed E-state index contributed by atoms with van der Waals surface area (Å²) in [5.74, 6) is -2.05. The van der Waals surface area contributed by atoms with Gasteiger partial charge in [-0.2, -0.15) is 0 Å². The number of aliphatic hydroxyl groups is 1. The number of ether oxygens (including phenoxy) is 1. The molecule has 1 heterocycles. The van der Waals surface area contributed by atoms with E-state index in [0.717, 1.165) is 0 Å². The van der Waals surface area contributed by atoms with E-state index in [-0.39, 0.29) is 18.7 Å². The number of halogens is 2. The van der Waals surface area contributed by atoms with Crippen LogP contribution in [-0.4, -0.2) is 28.8 Å². The van der Waals surface area contributed by atoms with Gasteiger partial charge >= 0.3 is 6.09 Å². The molecular formula is C24H28F2N2O4. The topological polar surface area (TPSA) is 87.7 Å². The summed E-state index contributed by atoms with van der Waals surface area (Å²) in [5.41, 5.74) is 0.604. The first-order valence-electron chi connectivity index (χ1n) is 10.5. The fourth-order valence-electron chi connectivity index (χ4n) is 3.70. The molecule has 3 rings (SSSR count). The Hall–Kier alpha value is -3.00. The molecule has 8 heteroatoms. The largest absolute Gasteiger partial charge is 0.444 e. The van der Waals surface area contributed by atoms with Crippen molar-refractivity contribution in [1.29, 1.82) is 0 Å². The van der Waals surface area contributed by atoms with Gasteiger partial charge in [0.25, 0.3) is 0 Å². The zero-order valence-corrected chi connectivity index (χ0v) is 18.5. The first-order chi connectivity index (χ1) is 14.9. The number of carbonyl (C=O) groups excluding carboxylic acids is 2. The van der Waals surface area contributed by atoms with E-state index in [2.05, 4.69) is 10.6 Å². The number of benzene rings is 2. The Morgan fingerprint density at radius 2 is 1.84 bits per heavy atom. The van der Waals surface area contributed by atoms with Crippen LogP contribution in [0.4, 0.5) is 19.3 Å². The molecular weight excluding hydrogens is 418 g/mol. The standard InChI is InChI=1S/C24H28F2N2O4/c1-13-7-18(29)12-21(28-23(31)32-24(2,3)4)15-8-14(9-17(26)10-15)19-11-16(25)5-6-20(19)27-22(13)30/h5-6,8-11,13,18,21,29H,7,12H2,1-4H3,(H,27,30)(H,28,31). The van der Waals surface area contributed by atoms with Gasteiger partial charge in [0.2, 0.25) is 5.91 Å². The average molecular weight is 446 g/mol. The minimum Gasteiger partial charge on any atom is -0.444 e. The summed E-state index contributed by atoms with van der Waals surface area (Å²) in [6, 6.07) is 7.13. The van der Waals surface area contributed by atoms with Crippen LogP contribution in [0.3, 0.4) is 0 Å². The summed E-state index contributed by atoms with van der Waals surface area (Å²) in [6.45, 7) is 6.82. The van der Waals surface area contributed by atoms with Crippen molar-refractivity contribution in [3.05, 3.63) is 53.6 Å². The van der Waals surface area contributed by atoms with Crippen LogP contribution in [0.1, 0.15) is 52.1 Å². The van der Waals surface area contributed by atoms with Crippen molar-refractivity contribution in [2.45, 2.75) is 58.3 Å². The number of fused-ring (bicyclic) bond motifs is 4. The van der Waals surface area contributed by atoms with Crippen LogP contribution in [0, 0.1) is 17.6 Å². The van der Waals surface area contributed by atoms with Gasteiger partial charge in [0.15, 0.2) is 0 Å². The second kappa shape index (κ2) is 9.24. The van der Waals surface area contributed by atoms with E-state index in [0.29, 0.717) is 22.4 Å². The molecule has 0 saturated heterocycles. The third-order valence-electron chi connectivity index (χ3n) is 5.14. The van der Waals surface area contributed by atoms with E-state index >= 15 is 0 Å². The van der Waals surface area contributed by atoms with Crippen LogP contribution in [0.25, 0.3) is 11.1 Å². The molecule has 1 aliphatic heterocycles.